The topological polar surface area (TPSA) is 71.4 Å². The molecule has 7 heteroatoms. The van der Waals surface area contributed by atoms with Gasteiger partial charge in [-0.15, -0.1) is 0 Å². The Morgan fingerprint density at radius 3 is 2.74 bits per heavy atom. The van der Waals surface area contributed by atoms with Crippen molar-refractivity contribution in [3.63, 3.8) is 0 Å². The standard InChI is InChI=1S/C16H14ClN3O2S/c1-11-15(12-5-4-6-13(17)9-12)23(21,22)20-16(11)19-10-14-7-2-3-8-18-14/h2-9H,10H2,1H3,(H,19,20). The quantitative estimate of drug-likeness (QED) is 0.927. The fraction of sp³-hybridized carbons (Fsp3) is 0.125. The highest BCUT2D eigenvalue weighted by molar-refractivity contribution is 8.00. The van der Waals surface area contributed by atoms with Crippen LogP contribution < -0.4 is 4.72 Å². The molecule has 1 aliphatic heterocycles. The van der Waals surface area contributed by atoms with E-state index in [-0.39, 0.29) is 4.91 Å². The molecule has 1 N–H and O–H groups in total. The van der Waals surface area contributed by atoms with E-state index >= 15 is 0 Å². The smallest absolute Gasteiger partial charge is 0.263 e. The Morgan fingerprint density at radius 2 is 2.04 bits per heavy atom. The summed E-state index contributed by atoms with van der Waals surface area (Å²) in [4.78, 5) is 8.72. The van der Waals surface area contributed by atoms with Crippen molar-refractivity contribution in [3.05, 3.63) is 70.5 Å². The van der Waals surface area contributed by atoms with E-state index in [9.17, 15) is 8.42 Å². The third kappa shape index (κ3) is 3.28. The van der Waals surface area contributed by atoms with Gasteiger partial charge < -0.3 is 0 Å². The number of aromatic nitrogens is 1. The van der Waals surface area contributed by atoms with Gasteiger partial charge in [-0.1, -0.05) is 29.8 Å². The fourth-order valence-electron chi connectivity index (χ4n) is 2.37. The molecule has 0 amide bonds. The SMILES string of the molecule is CC1=C(c2cccc(Cl)c2)S(=O)(=O)NC1=NCc1ccccn1. The van der Waals surface area contributed by atoms with E-state index < -0.39 is 10.0 Å². The van der Waals surface area contributed by atoms with Crippen LogP contribution in [0, 0.1) is 0 Å². The molecular weight excluding hydrogens is 334 g/mol. The van der Waals surface area contributed by atoms with Crippen molar-refractivity contribution in [3.8, 4) is 0 Å². The second-order valence-electron chi connectivity index (χ2n) is 5.06. The molecule has 0 spiro atoms. The number of benzene rings is 1. The van der Waals surface area contributed by atoms with Gasteiger partial charge in [-0.25, -0.2) is 8.42 Å². The van der Waals surface area contributed by atoms with Crippen molar-refractivity contribution >= 4 is 32.4 Å². The molecule has 1 aromatic carbocycles. The minimum Gasteiger partial charge on any atom is -0.263 e. The van der Waals surface area contributed by atoms with Gasteiger partial charge in [-0.3, -0.25) is 14.7 Å². The molecule has 0 aliphatic carbocycles. The normalized spacial score (nSPS) is 18.3. The molecule has 1 aliphatic rings. The van der Waals surface area contributed by atoms with E-state index in [1.165, 1.54) is 0 Å². The average Bonchev–Trinajstić information content (AvgIpc) is 2.75. The Bertz CT molecular complexity index is 906. The number of halogens is 1. The molecular formula is C16H14ClN3O2S. The first-order valence-electron chi connectivity index (χ1n) is 6.92. The molecule has 3 rings (SSSR count). The van der Waals surface area contributed by atoms with Crippen molar-refractivity contribution in [1.82, 2.24) is 9.71 Å². The van der Waals surface area contributed by atoms with Gasteiger partial charge >= 0.3 is 0 Å². The minimum atomic E-state index is -3.64. The third-order valence-corrected chi connectivity index (χ3v) is 5.18. The Labute approximate surface area is 139 Å². The molecule has 0 unspecified atom stereocenters. The molecule has 23 heavy (non-hydrogen) atoms. The molecule has 0 bridgehead atoms. The zero-order valence-electron chi connectivity index (χ0n) is 12.3. The Kier molecular flexibility index (Phi) is 4.19. The van der Waals surface area contributed by atoms with Crippen LogP contribution in [0.25, 0.3) is 4.91 Å². The average molecular weight is 348 g/mol. The number of rotatable bonds is 3. The number of pyridine rings is 1. The highest BCUT2D eigenvalue weighted by atomic mass is 35.5. The van der Waals surface area contributed by atoms with Gasteiger partial charge in [-0.05, 0) is 36.8 Å². The summed E-state index contributed by atoms with van der Waals surface area (Å²) < 4.78 is 27.3. The lowest BCUT2D eigenvalue weighted by molar-refractivity contribution is 0.603. The zero-order valence-corrected chi connectivity index (χ0v) is 13.9. The first kappa shape index (κ1) is 15.7. The molecule has 118 valence electrons. The number of amidine groups is 1. The van der Waals surface area contributed by atoms with Crippen LogP contribution >= 0.6 is 11.6 Å². The third-order valence-electron chi connectivity index (χ3n) is 3.41. The molecule has 1 aromatic heterocycles. The van der Waals surface area contributed by atoms with Crippen LogP contribution in [0.15, 0.2) is 59.2 Å². The van der Waals surface area contributed by atoms with Crippen LogP contribution in [0.1, 0.15) is 18.2 Å². The monoisotopic (exact) mass is 347 g/mol. The van der Waals surface area contributed by atoms with Gasteiger partial charge in [0.1, 0.15) is 10.7 Å². The van der Waals surface area contributed by atoms with Crippen molar-refractivity contribution in [2.24, 2.45) is 4.99 Å². The molecule has 2 aromatic rings. The van der Waals surface area contributed by atoms with Crippen LogP contribution in [0.4, 0.5) is 0 Å². The molecule has 2 heterocycles. The molecule has 0 atom stereocenters. The van der Waals surface area contributed by atoms with Gasteiger partial charge in [-0.2, -0.15) is 0 Å². The number of hydrogen-bond acceptors (Lipinski definition) is 4. The number of sulfonamides is 1. The van der Waals surface area contributed by atoms with Gasteiger partial charge in [0.25, 0.3) is 10.0 Å². The summed E-state index contributed by atoms with van der Waals surface area (Å²) in [6.07, 6.45) is 1.68. The van der Waals surface area contributed by atoms with Crippen molar-refractivity contribution in [2.45, 2.75) is 13.5 Å². The maximum atomic E-state index is 12.4. The van der Waals surface area contributed by atoms with E-state index in [2.05, 4.69) is 14.7 Å². The Hall–Kier alpha value is -2.18. The van der Waals surface area contributed by atoms with Crippen molar-refractivity contribution in [2.75, 3.05) is 0 Å². The minimum absolute atomic E-state index is 0.208. The van der Waals surface area contributed by atoms with Crippen LogP contribution in [0.3, 0.4) is 0 Å². The summed E-state index contributed by atoms with van der Waals surface area (Å²) in [5.41, 5.74) is 1.89. The van der Waals surface area contributed by atoms with Crippen LogP contribution in [-0.2, 0) is 16.6 Å². The molecule has 0 saturated carbocycles. The molecule has 5 nitrogen and oxygen atoms in total. The lowest BCUT2D eigenvalue weighted by Crippen LogP contribution is -2.23. The Morgan fingerprint density at radius 1 is 1.22 bits per heavy atom. The zero-order chi connectivity index (χ0) is 16.4. The highest BCUT2D eigenvalue weighted by Gasteiger charge is 2.32. The largest absolute Gasteiger partial charge is 0.264 e. The van der Waals surface area contributed by atoms with Crippen molar-refractivity contribution < 1.29 is 8.42 Å². The predicted molar refractivity (Wildman–Crippen MR) is 91.5 cm³/mol. The Balaban J connectivity index is 1.99. The molecule has 0 fully saturated rings. The van der Waals surface area contributed by atoms with E-state index in [1.807, 2.05) is 18.2 Å². The van der Waals surface area contributed by atoms with E-state index in [0.29, 0.717) is 28.5 Å². The fourth-order valence-corrected chi connectivity index (χ4v) is 4.07. The summed E-state index contributed by atoms with van der Waals surface area (Å²) in [5, 5.41) is 0.483. The van der Waals surface area contributed by atoms with Gasteiger partial charge in [0.15, 0.2) is 0 Å². The van der Waals surface area contributed by atoms with Crippen LogP contribution in [-0.4, -0.2) is 19.2 Å². The summed E-state index contributed by atoms with van der Waals surface area (Å²) >= 11 is 5.97. The number of nitrogens with zero attached hydrogens (tertiary/aromatic N) is 2. The lowest BCUT2D eigenvalue weighted by Gasteiger charge is -2.03. The summed E-state index contributed by atoms with van der Waals surface area (Å²) in [7, 11) is -3.64. The predicted octanol–water partition coefficient (Wildman–Crippen LogP) is 3.00. The highest BCUT2D eigenvalue weighted by Crippen LogP contribution is 2.31. The van der Waals surface area contributed by atoms with E-state index in [4.69, 9.17) is 11.6 Å². The number of aliphatic imine (C=N–C) groups is 1. The molecule has 0 radical (unpaired) electrons. The maximum Gasteiger partial charge on any atom is 0.264 e. The van der Waals surface area contributed by atoms with Crippen LogP contribution in [0.2, 0.25) is 5.02 Å². The number of nitrogens with one attached hydrogen (secondary N) is 1. The van der Waals surface area contributed by atoms with E-state index in [1.54, 1.807) is 37.4 Å². The van der Waals surface area contributed by atoms with E-state index in [0.717, 1.165) is 5.69 Å². The molecule has 0 saturated heterocycles. The second kappa shape index (κ2) is 6.14. The maximum absolute atomic E-state index is 12.4. The summed E-state index contributed by atoms with van der Waals surface area (Å²) in [6, 6.07) is 12.3. The van der Waals surface area contributed by atoms with Crippen molar-refractivity contribution in [1.29, 1.82) is 0 Å². The van der Waals surface area contributed by atoms with Gasteiger partial charge in [0, 0.05) is 16.8 Å². The summed E-state index contributed by atoms with van der Waals surface area (Å²) in [6.45, 7) is 2.03. The van der Waals surface area contributed by atoms with Gasteiger partial charge in [0.05, 0.1) is 12.2 Å². The van der Waals surface area contributed by atoms with Gasteiger partial charge in [0.2, 0.25) is 0 Å². The first-order valence-corrected chi connectivity index (χ1v) is 8.78. The first-order chi connectivity index (χ1) is 11.0. The summed E-state index contributed by atoms with van der Waals surface area (Å²) in [5.74, 6) is 0.339. The lowest BCUT2D eigenvalue weighted by atomic mass is 10.1. The number of hydrogen-bond donors (Lipinski definition) is 1. The second-order valence-corrected chi connectivity index (χ2v) is 7.11. The van der Waals surface area contributed by atoms with Crippen LogP contribution in [0.5, 0.6) is 0 Å².